The number of nitrogens with zero attached hydrogens (tertiary/aromatic N) is 1. The molecule has 4 N–H and O–H groups in total. The number of nitro groups is 1. The number of nitro benzene ring substituents is 1. The normalized spacial score (nSPS) is 13.4. The van der Waals surface area contributed by atoms with Gasteiger partial charge in [-0.3, -0.25) is 10.1 Å². The Hall–Kier alpha value is -1.94. The maximum absolute atomic E-state index is 11.4. The lowest BCUT2D eigenvalue weighted by Crippen LogP contribution is -2.23. The number of anilines is 2. The fourth-order valence-electron chi connectivity index (χ4n) is 1.95. The van der Waals surface area contributed by atoms with E-state index in [0.29, 0.717) is 11.4 Å². The number of aliphatic hydroxyl groups excluding tert-OH is 2. The molecule has 0 amide bonds. The van der Waals surface area contributed by atoms with Crippen molar-refractivity contribution in [1.82, 2.24) is 0 Å². The number of para-hydroxylation sites is 1. The van der Waals surface area contributed by atoms with Gasteiger partial charge in [0, 0.05) is 0 Å². The highest BCUT2D eigenvalue weighted by molar-refractivity contribution is 5.76. The second kappa shape index (κ2) is 9.95. The SMILES string of the molecule is CC(Nc1cccc(NC(C)OCCO)c1[N+](=O)[O-])OCCO. The summed E-state index contributed by atoms with van der Waals surface area (Å²) in [6.45, 7) is 3.38. The molecule has 0 aliphatic heterocycles. The monoisotopic (exact) mass is 329 g/mol. The van der Waals surface area contributed by atoms with Crippen LogP contribution in [0.4, 0.5) is 17.1 Å². The molecule has 0 aromatic heterocycles. The second-order valence-electron chi connectivity index (χ2n) is 4.72. The van der Waals surface area contributed by atoms with Crippen LogP contribution in [-0.2, 0) is 9.47 Å². The number of nitrogens with one attached hydrogen (secondary N) is 2. The molecule has 0 aliphatic carbocycles. The second-order valence-corrected chi connectivity index (χ2v) is 4.72. The summed E-state index contributed by atoms with van der Waals surface area (Å²) in [5.74, 6) is 0. The van der Waals surface area contributed by atoms with Gasteiger partial charge in [-0.15, -0.1) is 0 Å². The molecule has 0 bridgehead atoms. The fraction of sp³-hybridized carbons (Fsp3) is 0.571. The molecule has 0 heterocycles. The number of aliphatic hydroxyl groups is 2. The minimum absolute atomic E-state index is 0.130. The van der Waals surface area contributed by atoms with E-state index in [4.69, 9.17) is 19.7 Å². The highest BCUT2D eigenvalue weighted by atomic mass is 16.6. The number of ether oxygens (including phenoxy) is 2. The first kappa shape index (κ1) is 19.1. The third-order valence-electron chi connectivity index (χ3n) is 2.85. The van der Waals surface area contributed by atoms with E-state index in [1.54, 1.807) is 32.0 Å². The van der Waals surface area contributed by atoms with Crippen molar-refractivity contribution in [2.45, 2.75) is 26.3 Å². The largest absolute Gasteiger partial charge is 0.394 e. The van der Waals surface area contributed by atoms with E-state index in [1.165, 1.54) is 0 Å². The van der Waals surface area contributed by atoms with Gasteiger partial charge in [-0.1, -0.05) is 6.07 Å². The maximum Gasteiger partial charge on any atom is 0.315 e. The first-order chi connectivity index (χ1) is 11.0. The first-order valence-corrected chi connectivity index (χ1v) is 7.25. The summed E-state index contributed by atoms with van der Waals surface area (Å²) in [4.78, 5) is 10.9. The summed E-state index contributed by atoms with van der Waals surface area (Å²) in [5, 5.41) is 34.6. The standard InChI is InChI=1S/C14H23N3O6/c1-10(22-8-6-18)15-12-4-3-5-13(14(12)17(20)21)16-11(2)23-9-7-19/h3-5,10-11,15-16,18-19H,6-9H2,1-2H3. The lowest BCUT2D eigenvalue weighted by molar-refractivity contribution is -0.383. The van der Waals surface area contributed by atoms with Crippen LogP contribution in [0.25, 0.3) is 0 Å². The van der Waals surface area contributed by atoms with Crippen LogP contribution in [0.15, 0.2) is 18.2 Å². The lowest BCUT2D eigenvalue weighted by atomic mass is 10.2. The van der Waals surface area contributed by atoms with Gasteiger partial charge in [0.1, 0.15) is 23.8 Å². The van der Waals surface area contributed by atoms with Crippen molar-refractivity contribution in [3.05, 3.63) is 28.3 Å². The van der Waals surface area contributed by atoms with Gasteiger partial charge in [-0.05, 0) is 26.0 Å². The molecule has 9 nitrogen and oxygen atoms in total. The number of hydrogen-bond acceptors (Lipinski definition) is 8. The quantitative estimate of drug-likeness (QED) is 0.270. The van der Waals surface area contributed by atoms with E-state index in [9.17, 15) is 10.1 Å². The van der Waals surface area contributed by atoms with Gasteiger partial charge in [0.15, 0.2) is 0 Å². The number of hydrogen-bond donors (Lipinski definition) is 4. The van der Waals surface area contributed by atoms with Crippen molar-refractivity contribution in [2.75, 3.05) is 37.1 Å². The van der Waals surface area contributed by atoms with Crippen LogP contribution >= 0.6 is 0 Å². The predicted octanol–water partition coefficient (Wildman–Crippen LogP) is 1.13. The summed E-state index contributed by atoms with van der Waals surface area (Å²) in [6.07, 6.45) is -1.00. The Labute approximate surface area is 134 Å². The zero-order valence-electron chi connectivity index (χ0n) is 13.2. The van der Waals surface area contributed by atoms with E-state index in [2.05, 4.69) is 10.6 Å². The molecule has 0 saturated heterocycles. The van der Waals surface area contributed by atoms with E-state index >= 15 is 0 Å². The maximum atomic E-state index is 11.4. The van der Waals surface area contributed by atoms with Gasteiger partial charge in [0.2, 0.25) is 0 Å². The van der Waals surface area contributed by atoms with E-state index in [0.717, 1.165) is 0 Å². The fourth-order valence-corrected chi connectivity index (χ4v) is 1.95. The minimum Gasteiger partial charge on any atom is -0.394 e. The Balaban J connectivity index is 2.90. The summed E-state index contributed by atoms with van der Waals surface area (Å²) in [5.41, 5.74) is 0.450. The molecule has 130 valence electrons. The smallest absolute Gasteiger partial charge is 0.315 e. The van der Waals surface area contributed by atoms with Crippen molar-refractivity contribution < 1.29 is 24.6 Å². The van der Waals surface area contributed by atoms with Crippen molar-refractivity contribution in [3.8, 4) is 0 Å². The molecule has 1 aromatic carbocycles. The van der Waals surface area contributed by atoms with Gasteiger partial charge in [-0.25, -0.2) is 0 Å². The Morgan fingerprint density at radius 1 is 1.09 bits per heavy atom. The van der Waals surface area contributed by atoms with E-state index in [1.807, 2.05) is 0 Å². The van der Waals surface area contributed by atoms with Gasteiger partial charge in [-0.2, -0.15) is 0 Å². The molecule has 0 saturated carbocycles. The van der Waals surface area contributed by atoms with Gasteiger partial charge in [0.05, 0.1) is 31.4 Å². The topological polar surface area (TPSA) is 126 Å². The van der Waals surface area contributed by atoms with Crippen molar-refractivity contribution in [2.24, 2.45) is 0 Å². The van der Waals surface area contributed by atoms with Crippen molar-refractivity contribution >= 4 is 17.1 Å². The van der Waals surface area contributed by atoms with Crippen molar-refractivity contribution in [1.29, 1.82) is 0 Å². The van der Waals surface area contributed by atoms with E-state index < -0.39 is 17.4 Å². The van der Waals surface area contributed by atoms with Gasteiger partial charge < -0.3 is 30.3 Å². The molecule has 1 aromatic rings. The molecule has 9 heteroatoms. The molecule has 0 radical (unpaired) electrons. The van der Waals surface area contributed by atoms with Crippen molar-refractivity contribution in [3.63, 3.8) is 0 Å². The van der Waals surface area contributed by atoms with Crippen LogP contribution in [0.3, 0.4) is 0 Å². The molecule has 0 spiro atoms. The summed E-state index contributed by atoms with van der Waals surface area (Å²) in [6, 6.07) is 4.80. The number of benzene rings is 1. The van der Waals surface area contributed by atoms with Gasteiger partial charge in [0.25, 0.3) is 0 Å². The van der Waals surface area contributed by atoms with Crippen LogP contribution in [0.5, 0.6) is 0 Å². The minimum atomic E-state index is -0.501. The Bertz CT molecular complexity index is 465. The first-order valence-electron chi connectivity index (χ1n) is 7.25. The summed E-state index contributed by atoms with van der Waals surface area (Å²) < 4.78 is 10.5. The van der Waals surface area contributed by atoms with Crippen LogP contribution < -0.4 is 10.6 Å². The Morgan fingerprint density at radius 3 is 1.87 bits per heavy atom. The van der Waals surface area contributed by atoms with Crippen LogP contribution in [0.2, 0.25) is 0 Å². The molecule has 0 aliphatic rings. The zero-order valence-corrected chi connectivity index (χ0v) is 13.2. The Morgan fingerprint density at radius 2 is 1.52 bits per heavy atom. The number of rotatable bonds is 11. The summed E-state index contributed by atoms with van der Waals surface area (Å²) >= 11 is 0. The van der Waals surface area contributed by atoms with Gasteiger partial charge >= 0.3 is 5.69 Å². The summed E-state index contributed by atoms with van der Waals surface area (Å²) in [7, 11) is 0. The van der Waals surface area contributed by atoms with Crippen LogP contribution in [0.1, 0.15) is 13.8 Å². The molecular weight excluding hydrogens is 306 g/mol. The molecule has 2 unspecified atom stereocenters. The highest BCUT2D eigenvalue weighted by Crippen LogP contribution is 2.33. The average molecular weight is 329 g/mol. The molecular formula is C14H23N3O6. The third-order valence-corrected chi connectivity index (χ3v) is 2.85. The Kier molecular flexibility index (Phi) is 8.27. The molecule has 0 fully saturated rings. The molecule has 1 rings (SSSR count). The van der Waals surface area contributed by atoms with Crippen LogP contribution in [0, 0.1) is 10.1 Å². The molecule has 23 heavy (non-hydrogen) atoms. The lowest BCUT2D eigenvalue weighted by Gasteiger charge is -2.19. The third kappa shape index (κ3) is 6.37. The van der Waals surface area contributed by atoms with E-state index in [-0.39, 0.29) is 32.1 Å². The highest BCUT2D eigenvalue weighted by Gasteiger charge is 2.22. The average Bonchev–Trinajstić information content (AvgIpc) is 2.50. The molecule has 2 atom stereocenters. The predicted molar refractivity (Wildman–Crippen MR) is 85.3 cm³/mol. The zero-order chi connectivity index (χ0) is 17.2. The van der Waals surface area contributed by atoms with Crippen LogP contribution in [-0.4, -0.2) is 54.0 Å².